The molecule has 4 nitrogen and oxygen atoms in total. The molecule has 0 radical (unpaired) electrons. The van der Waals surface area contributed by atoms with Gasteiger partial charge in [0, 0.05) is 24.4 Å². The zero-order valence-corrected chi connectivity index (χ0v) is 10.5. The molecule has 2 rings (SSSR count). The van der Waals surface area contributed by atoms with E-state index < -0.39 is 17.2 Å². The number of hydrogen-bond donors (Lipinski definition) is 1. The lowest BCUT2D eigenvalue weighted by Crippen LogP contribution is -2.21. The minimum atomic E-state index is -1.32. The van der Waals surface area contributed by atoms with Crippen LogP contribution < -0.4 is 5.43 Å². The predicted octanol–water partition coefficient (Wildman–Crippen LogP) is 2.20. The van der Waals surface area contributed by atoms with E-state index in [1.54, 1.807) is 24.6 Å². The van der Waals surface area contributed by atoms with Gasteiger partial charge in [0.15, 0.2) is 5.43 Å². The quantitative estimate of drug-likeness (QED) is 0.901. The van der Waals surface area contributed by atoms with Crippen molar-refractivity contribution < 1.29 is 14.3 Å². The molecule has 0 amide bonds. The molecule has 1 N–H and O–H groups in total. The van der Waals surface area contributed by atoms with Crippen LogP contribution >= 0.6 is 0 Å². The van der Waals surface area contributed by atoms with Crippen molar-refractivity contribution in [3.05, 3.63) is 57.6 Å². The molecule has 5 heteroatoms. The predicted molar refractivity (Wildman–Crippen MR) is 68.8 cm³/mol. The van der Waals surface area contributed by atoms with Crippen LogP contribution in [0.4, 0.5) is 4.39 Å². The Bertz CT molecular complexity index is 719. The van der Waals surface area contributed by atoms with Gasteiger partial charge in [0.05, 0.1) is 5.69 Å². The van der Waals surface area contributed by atoms with Crippen LogP contribution in [0.25, 0.3) is 11.3 Å². The summed E-state index contributed by atoms with van der Waals surface area (Å²) in [6.07, 6.45) is 0. The van der Waals surface area contributed by atoms with E-state index in [0.717, 1.165) is 0 Å². The Hall–Kier alpha value is -2.43. The summed E-state index contributed by atoms with van der Waals surface area (Å²) in [5, 5.41) is 9.19. The molecule has 0 saturated carbocycles. The van der Waals surface area contributed by atoms with E-state index >= 15 is 0 Å². The Morgan fingerprint density at radius 2 is 2.00 bits per heavy atom. The highest BCUT2D eigenvalue weighted by Crippen LogP contribution is 2.23. The third-order valence-corrected chi connectivity index (χ3v) is 3.00. The van der Waals surface area contributed by atoms with Gasteiger partial charge >= 0.3 is 5.97 Å². The number of nitrogens with zero attached hydrogens (tertiary/aromatic N) is 1. The van der Waals surface area contributed by atoms with E-state index in [9.17, 15) is 19.1 Å². The van der Waals surface area contributed by atoms with E-state index in [1.165, 1.54) is 24.3 Å². The molecule has 1 heterocycles. The number of pyridine rings is 1. The normalized spacial score (nSPS) is 10.5. The Balaban J connectivity index is 2.89. The van der Waals surface area contributed by atoms with E-state index in [-0.39, 0.29) is 11.3 Å². The minimum Gasteiger partial charge on any atom is -0.477 e. The second-order valence-electron chi connectivity index (χ2n) is 4.25. The Morgan fingerprint density at radius 3 is 2.58 bits per heavy atom. The zero-order valence-electron chi connectivity index (χ0n) is 10.5. The fraction of sp³-hybridized carbons (Fsp3) is 0.143. The third-order valence-electron chi connectivity index (χ3n) is 3.00. The first-order valence-electron chi connectivity index (χ1n) is 5.61. The van der Waals surface area contributed by atoms with Crippen molar-refractivity contribution >= 4 is 5.97 Å². The standard InChI is InChI=1S/C14H12FNO3/c1-8-6-11(17)12(14(18)19)13(16(8)2)9-4-3-5-10(15)7-9/h3-7H,1-2H3,(H,18,19). The van der Waals surface area contributed by atoms with Crippen molar-refractivity contribution in [3.63, 3.8) is 0 Å². The summed E-state index contributed by atoms with van der Waals surface area (Å²) in [5.41, 5.74) is 0.244. The summed E-state index contributed by atoms with van der Waals surface area (Å²) in [5.74, 6) is -1.80. The van der Waals surface area contributed by atoms with Crippen LogP contribution in [0.5, 0.6) is 0 Å². The topological polar surface area (TPSA) is 59.3 Å². The first-order chi connectivity index (χ1) is 8.91. The number of carbonyl (C=O) groups is 1. The molecule has 0 bridgehead atoms. The van der Waals surface area contributed by atoms with Crippen LogP contribution in [0.3, 0.4) is 0 Å². The Labute approximate surface area is 108 Å². The number of carboxylic acid groups (broad SMARTS) is 1. The molecular weight excluding hydrogens is 249 g/mol. The van der Waals surface area contributed by atoms with Gasteiger partial charge in [-0.3, -0.25) is 4.79 Å². The molecule has 0 fully saturated rings. The third kappa shape index (κ3) is 2.27. The molecule has 1 aromatic heterocycles. The van der Waals surface area contributed by atoms with Gasteiger partial charge < -0.3 is 9.67 Å². The average molecular weight is 261 g/mol. The number of halogens is 1. The van der Waals surface area contributed by atoms with Crippen molar-refractivity contribution in [3.8, 4) is 11.3 Å². The van der Waals surface area contributed by atoms with Crippen molar-refractivity contribution in [1.82, 2.24) is 4.57 Å². The number of aryl methyl sites for hydroxylation is 1. The molecule has 1 aromatic carbocycles. The maximum absolute atomic E-state index is 13.3. The van der Waals surface area contributed by atoms with Gasteiger partial charge in [-0.1, -0.05) is 12.1 Å². The van der Waals surface area contributed by atoms with Gasteiger partial charge in [0.25, 0.3) is 0 Å². The molecule has 0 aliphatic carbocycles. The Kier molecular flexibility index (Phi) is 3.21. The fourth-order valence-corrected chi connectivity index (χ4v) is 2.00. The van der Waals surface area contributed by atoms with E-state index in [4.69, 9.17) is 0 Å². The molecular formula is C14H12FNO3. The van der Waals surface area contributed by atoms with Gasteiger partial charge in [-0.15, -0.1) is 0 Å². The molecule has 2 aromatic rings. The number of hydrogen-bond acceptors (Lipinski definition) is 2. The number of benzene rings is 1. The van der Waals surface area contributed by atoms with Gasteiger partial charge in [-0.2, -0.15) is 0 Å². The number of aromatic nitrogens is 1. The van der Waals surface area contributed by atoms with E-state index in [1.807, 2.05) is 0 Å². The largest absolute Gasteiger partial charge is 0.477 e. The molecule has 0 unspecified atom stereocenters. The van der Waals surface area contributed by atoms with Crippen molar-refractivity contribution in [2.75, 3.05) is 0 Å². The minimum absolute atomic E-state index is 0.206. The maximum atomic E-state index is 13.3. The molecule has 0 spiro atoms. The maximum Gasteiger partial charge on any atom is 0.341 e. The second kappa shape index (κ2) is 4.68. The van der Waals surface area contributed by atoms with Crippen molar-refractivity contribution in [1.29, 1.82) is 0 Å². The molecule has 98 valence electrons. The van der Waals surface area contributed by atoms with E-state index in [0.29, 0.717) is 11.3 Å². The van der Waals surface area contributed by atoms with Crippen LogP contribution in [0.15, 0.2) is 35.1 Å². The zero-order chi connectivity index (χ0) is 14.2. The molecule has 19 heavy (non-hydrogen) atoms. The van der Waals surface area contributed by atoms with Gasteiger partial charge in [0.2, 0.25) is 0 Å². The van der Waals surface area contributed by atoms with Gasteiger partial charge in [-0.05, 0) is 19.1 Å². The summed E-state index contributed by atoms with van der Waals surface area (Å²) < 4.78 is 14.9. The summed E-state index contributed by atoms with van der Waals surface area (Å²) in [6.45, 7) is 1.69. The van der Waals surface area contributed by atoms with Crippen LogP contribution in [-0.2, 0) is 7.05 Å². The van der Waals surface area contributed by atoms with Crippen LogP contribution in [0.1, 0.15) is 16.1 Å². The van der Waals surface area contributed by atoms with Crippen molar-refractivity contribution in [2.45, 2.75) is 6.92 Å². The van der Waals surface area contributed by atoms with Gasteiger partial charge in [-0.25, -0.2) is 9.18 Å². The monoisotopic (exact) mass is 261 g/mol. The SMILES string of the molecule is Cc1cc(=O)c(C(=O)O)c(-c2cccc(F)c2)n1C. The van der Waals surface area contributed by atoms with Crippen LogP contribution in [-0.4, -0.2) is 15.6 Å². The highest BCUT2D eigenvalue weighted by atomic mass is 19.1. The summed E-state index contributed by atoms with van der Waals surface area (Å²) in [6, 6.07) is 6.78. The molecule has 0 aliphatic heterocycles. The number of carboxylic acids is 1. The summed E-state index contributed by atoms with van der Waals surface area (Å²) >= 11 is 0. The number of rotatable bonds is 2. The molecule has 0 atom stereocenters. The van der Waals surface area contributed by atoms with Crippen LogP contribution in [0.2, 0.25) is 0 Å². The molecule has 0 aliphatic rings. The first-order valence-corrected chi connectivity index (χ1v) is 5.61. The summed E-state index contributed by atoms with van der Waals surface area (Å²) in [4.78, 5) is 23.1. The Morgan fingerprint density at radius 1 is 1.32 bits per heavy atom. The average Bonchev–Trinajstić information content (AvgIpc) is 2.32. The lowest BCUT2D eigenvalue weighted by Gasteiger charge is -2.14. The van der Waals surface area contributed by atoms with Crippen molar-refractivity contribution in [2.24, 2.45) is 7.05 Å². The number of aromatic carboxylic acids is 1. The lowest BCUT2D eigenvalue weighted by molar-refractivity contribution is 0.0695. The highest BCUT2D eigenvalue weighted by molar-refractivity contribution is 5.94. The summed E-state index contributed by atoms with van der Waals surface area (Å²) in [7, 11) is 1.64. The lowest BCUT2D eigenvalue weighted by atomic mass is 10.0. The van der Waals surface area contributed by atoms with Crippen LogP contribution in [0, 0.1) is 12.7 Å². The second-order valence-corrected chi connectivity index (χ2v) is 4.25. The highest BCUT2D eigenvalue weighted by Gasteiger charge is 2.19. The van der Waals surface area contributed by atoms with E-state index in [2.05, 4.69) is 0 Å². The fourth-order valence-electron chi connectivity index (χ4n) is 2.00. The van der Waals surface area contributed by atoms with Gasteiger partial charge in [0.1, 0.15) is 11.4 Å². The first kappa shape index (κ1) is 13.0. The smallest absolute Gasteiger partial charge is 0.341 e. The molecule has 0 saturated heterocycles.